The van der Waals surface area contributed by atoms with Gasteiger partial charge in [-0.15, -0.1) is 11.3 Å². The van der Waals surface area contributed by atoms with Crippen molar-refractivity contribution < 1.29 is 4.79 Å². The van der Waals surface area contributed by atoms with Gasteiger partial charge >= 0.3 is 0 Å². The van der Waals surface area contributed by atoms with Crippen molar-refractivity contribution in [2.45, 2.75) is 18.8 Å². The lowest BCUT2D eigenvalue weighted by atomic mass is 10.0. The Kier molecular flexibility index (Phi) is 4.81. The number of carbonyl (C=O) groups excluding carboxylic acids is 1. The summed E-state index contributed by atoms with van der Waals surface area (Å²) in [5.74, 6) is 0.862. The monoisotopic (exact) mass is 367 g/mol. The third kappa shape index (κ3) is 3.40. The smallest absolute Gasteiger partial charge is 0.278 e. The number of anilines is 1. The van der Waals surface area contributed by atoms with Crippen LogP contribution in [0.5, 0.6) is 0 Å². The van der Waals surface area contributed by atoms with Gasteiger partial charge in [0.15, 0.2) is 5.82 Å². The molecule has 2 aromatic heterocycles. The van der Waals surface area contributed by atoms with Crippen LogP contribution in [0.2, 0.25) is 0 Å². The van der Waals surface area contributed by atoms with E-state index >= 15 is 0 Å². The van der Waals surface area contributed by atoms with E-state index in [1.165, 1.54) is 0 Å². The number of thiazole rings is 1. The predicted molar refractivity (Wildman–Crippen MR) is 104 cm³/mol. The molecule has 0 radical (unpaired) electrons. The third-order valence-corrected chi connectivity index (χ3v) is 5.69. The summed E-state index contributed by atoms with van der Waals surface area (Å²) in [6, 6.07) is 11.8. The zero-order chi connectivity index (χ0) is 17.9. The van der Waals surface area contributed by atoms with Crippen molar-refractivity contribution in [2.24, 2.45) is 0 Å². The number of nitrogens with one attached hydrogen (secondary N) is 2. The topological polar surface area (TPSA) is 73.9 Å². The summed E-state index contributed by atoms with van der Waals surface area (Å²) in [5.41, 5.74) is 2.41. The maximum Gasteiger partial charge on any atom is 0.278 e. The molecule has 1 atom stereocenters. The number of rotatable bonds is 4. The van der Waals surface area contributed by atoms with Crippen molar-refractivity contribution in [3.63, 3.8) is 0 Å². The van der Waals surface area contributed by atoms with Crippen LogP contribution in [0.15, 0.2) is 41.8 Å². The molecule has 134 valence electrons. The molecule has 1 aromatic carbocycles. The highest BCUT2D eigenvalue weighted by Gasteiger charge is 2.23. The molecule has 1 aliphatic rings. The number of hydrogen-bond donors (Lipinski definition) is 2. The molecule has 2 N–H and O–H groups in total. The van der Waals surface area contributed by atoms with E-state index < -0.39 is 0 Å². The van der Waals surface area contributed by atoms with Crippen LogP contribution in [0.4, 0.5) is 5.82 Å². The number of piperidine rings is 1. The first-order valence-corrected chi connectivity index (χ1v) is 9.65. The molecular formula is C19H21N5OS. The fourth-order valence-electron chi connectivity index (χ4n) is 3.16. The minimum absolute atomic E-state index is 0.137. The van der Waals surface area contributed by atoms with Gasteiger partial charge in [-0.2, -0.15) is 5.10 Å². The quantitative estimate of drug-likeness (QED) is 0.742. The summed E-state index contributed by atoms with van der Waals surface area (Å²) >= 11 is 1.57. The van der Waals surface area contributed by atoms with Crippen molar-refractivity contribution in [3.8, 4) is 11.3 Å². The average molecular weight is 367 g/mol. The second-order valence-corrected chi connectivity index (χ2v) is 7.37. The van der Waals surface area contributed by atoms with Crippen LogP contribution in [0.25, 0.3) is 11.3 Å². The molecule has 1 aliphatic heterocycles. The van der Waals surface area contributed by atoms with Gasteiger partial charge in [0, 0.05) is 31.0 Å². The van der Waals surface area contributed by atoms with E-state index in [9.17, 15) is 4.79 Å². The molecule has 1 saturated heterocycles. The summed E-state index contributed by atoms with van der Waals surface area (Å²) in [5, 5.41) is 13.6. The van der Waals surface area contributed by atoms with Crippen molar-refractivity contribution in [2.75, 3.05) is 25.0 Å². The van der Waals surface area contributed by atoms with Gasteiger partial charge in [0.05, 0.1) is 10.7 Å². The number of aromatic nitrogens is 3. The van der Waals surface area contributed by atoms with Crippen molar-refractivity contribution in [3.05, 3.63) is 52.5 Å². The molecule has 0 bridgehead atoms. The number of nitrogens with zero attached hydrogens (tertiary/aromatic N) is 3. The lowest BCUT2D eigenvalue weighted by molar-refractivity contribution is 0.0988. The Bertz CT molecular complexity index is 882. The van der Waals surface area contributed by atoms with E-state index in [2.05, 4.69) is 20.5 Å². The Morgan fingerprint density at radius 3 is 2.92 bits per heavy atom. The summed E-state index contributed by atoms with van der Waals surface area (Å²) in [7, 11) is 1.73. The maximum absolute atomic E-state index is 12.8. The fourth-order valence-corrected chi connectivity index (χ4v) is 4.09. The molecule has 3 heterocycles. The number of carbonyl (C=O) groups is 1. The maximum atomic E-state index is 12.8. The van der Waals surface area contributed by atoms with Crippen LogP contribution >= 0.6 is 11.3 Å². The first-order chi connectivity index (χ1) is 12.7. The van der Waals surface area contributed by atoms with Crippen molar-refractivity contribution in [1.29, 1.82) is 0 Å². The van der Waals surface area contributed by atoms with Gasteiger partial charge in [0.25, 0.3) is 5.91 Å². The van der Waals surface area contributed by atoms with Crippen LogP contribution in [0, 0.1) is 0 Å². The molecule has 0 spiro atoms. The molecule has 4 rings (SSSR count). The molecule has 0 saturated carbocycles. The molecule has 1 amide bonds. The molecule has 7 heteroatoms. The van der Waals surface area contributed by atoms with Crippen LogP contribution < -0.4 is 10.2 Å². The van der Waals surface area contributed by atoms with E-state index in [1.54, 1.807) is 23.3 Å². The van der Waals surface area contributed by atoms with E-state index in [1.807, 2.05) is 41.8 Å². The van der Waals surface area contributed by atoms with Gasteiger partial charge in [-0.05, 0) is 24.9 Å². The third-order valence-electron chi connectivity index (χ3n) is 4.68. The number of hydrogen-bond acceptors (Lipinski definition) is 5. The zero-order valence-electron chi connectivity index (χ0n) is 14.6. The van der Waals surface area contributed by atoms with Gasteiger partial charge in [-0.1, -0.05) is 30.3 Å². The van der Waals surface area contributed by atoms with Crippen LogP contribution in [-0.2, 0) is 0 Å². The highest BCUT2D eigenvalue weighted by atomic mass is 32.1. The van der Waals surface area contributed by atoms with Gasteiger partial charge in [-0.3, -0.25) is 14.8 Å². The van der Waals surface area contributed by atoms with E-state index in [-0.39, 0.29) is 5.91 Å². The number of amides is 1. The second kappa shape index (κ2) is 7.39. The average Bonchev–Trinajstić information content (AvgIpc) is 3.38. The Morgan fingerprint density at radius 1 is 1.31 bits per heavy atom. The standard InChI is InChI=1S/C19H21N5OS/c1-24(17-10-15(22-23-17)13-6-3-2-4-7-13)19(25)16-12-26-18(21-16)14-8-5-9-20-11-14/h2-4,6-7,10,12,14,20H,5,8-9,11H2,1H3,(H,22,23). The SMILES string of the molecule is CN(C(=O)c1csc(C2CCCNC2)n1)c1cc(-c2ccccc2)[nH]n1. The van der Waals surface area contributed by atoms with Gasteiger partial charge < -0.3 is 5.32 Å². The summed E-state index contributed by atoms with van der Waals surface area (Å²) in [6.45, 7) is 2.01. The number of aromatic amines is 1. The Morgan fingerprint density at radius 2 is 2.15 bits per heavy atom. The van der Waals surface area contributed by atoms with Crippen LogP contribution in [0.1, 0.15) is 34.3 Å². The van der Waals surface area contributed by atoms with E-state index in [4.69, 9.17) is 0 Å². The number of benzene rings is 1. The lowest BCUT2D eigenvalue weighted by Crippen LogP contribution is -2.29. The van der Waals surface area contributed by atoms with Crippen molar-refractivity contribution in [1.82, 2.24) is 20.5 Å². The molecule has 0 aliphatic carbocycles. The molecular weight excluding hydrogens is 346 g/mol. The first kappa shape index (κ1) is 16.9. The predicted octanol–water partition coefficient (Wildman–Crippen LogP) is 3.28. The minimum atomic E-state index is -0.137. The Labute approximate surface area is 156 Å². The van der Waals surface area contributed by atoms with Crippen molar-refractivity contribution >= 4 is 23.1 Å². The van der Waals surface area contributed by atoms with Crippen LogP contribution in [0.3, 0.4) is 0 Å². The van der Waals surface area contributed by atoms with Crippen LogP contribution in [-0.4, -0.2) is 41.2 Å². The summed E-state index contributed by atoms with van der Waals surface area (Å²) < 4.78 is 0. The largest absolute Gasteiger partial charge is 0.316 e. The molecule has 26 heavy (non-hydrogen) atoms. The molecule has 3 aromatic rings. The van der Waals surface area contributed by atoms with Gasteiger partial charge in [0.1, 0.15) is 5.69 Å². The van der Waals surface area contributed by atoms with Gasteiger partial charge in [-0.25, -0.2) is 4.98 Å². The minimum Gasteiger partial charge on any atom is -0.316 e. The Hall–Kier alpha value is -2.51. The highest BCUT2D eigenvalue weighted by Crippen LogP contribution is 2.27. The zero-order valence-corrected chi connectivity index (χ0v) is 15.4. The first-order valence-electron chi connectivity index (χ1n) is 8.77. The molecule has 1 unspecified atom stereocenters. The molecule has 1 fully saturated rings. The second-order valence-electron chi connectivity index (χ2n) is 6.48. The lowest BCUT2D eigenvalue weighted by Gasteiger charge is -2.20. The van der Waals surface area contributed by atoms with E-state index in [0.29, 0.717) is 17.4 Å². The Balaban J connectivity index is 1.50. The fraction of sp³-hybridized carbons (Fsp3) is 0.316. The highest BCUT2D eigenvalue weighted by molar-refractivity contribution is 7.10. The molecule has 6 nitrogen and oxygen atoms in total. The summed E-state index contributed by atoms with van der Waals surface area (Å²) in [6.07, 6.45) is 2.28. The van der Waals surface area contributed by atoms with E-state index in [0.717, 1.165) is 42.2 Å². The van der Waals surface area contributed by atoms with Gasteiger partial charge in [0.2, 0.25) is 0 Å². The normalized spacial score (nSPS) is 17.2. The summed E-state index contributed by atoms with van der Waals surface area (Å²) in [4.78, 5) is 18.9. The number of H-pyrrole nitrogens is 1.